The van der Waals surface area contributed by atoms with E-state index >= 15 is 0 Å². The Morgan fingerprint density at radius 2 is 1.19 bits per heavy atom. The molecular weight excluding hydrogens is 206 g/mol. The van der Waals surface area contributed by atoms with Gasteiger partial charge in [0.05, 0.1) is 0 Å². The first-order valence-corrected chi connectivity index (χ1v) is 6.69. The molecule has 0 atom stereocenters. The molecule has 96 valence electrons. The highest BCUT2D eigenvalue weighted by atomic mass is 19.3. The molecule has 0 fully saturated rings. The second kappa shape index (κ2) is 11.1. The lowest BCUT2D eigenvalue weighted by Gasteiger charge is -2.02. The minimum Gasteiger partial charge on any atom is -0.173 e. The molecule has 0 radical (unpaired) electrons. The molecule has 0 aromatic carbocycles. The van der Waals surface area contributed by atoms with Gasteiger partial charge < -0.3 is 0 Å². The van der Waals surface area contributed by atoms with Crippen molar-refractivity contribution in [2.24, 2.45) is 0 Å². The Balaban J connectivity index is 3.13. The average molecular weight is 232 g/mol. The summed E-state index contributed by atoms with van der Waals surface area (Å²) < 4.78 is 24.1. The Bertz CT molecular complexity index is 181. The Hall–Kier alpha value is -0.400. The van der Waals surface area contributed by atoms with Crippen molar-refractivity contribution in [3.63, 3.8) is 0 Å². The van der Waals surface area contributed by atoms with E-state index in [1.165, 1.54) is 51.9 Å². The molecule has 0 aliphatic rings. The van der Waals surface area contributed by atoms with Crippen LogP contribution in [0.4, 0.5) is 8.78 Å². The van der Waals surface area contributed by atoms with Crippen LogP contribution in [0.1, 0.15) is 78.1 Å². The Morgan fingerprint density at radius 3 is 1.62 bits per heavy atom. The van der Waals surface area contributed by atoms with Gasteiger partial charge in [0.2, 0.25) is 0 Å². The van der Waals surface area contributed by atoms with E-state index in [1.807, 2.05) is 0 Å². The Kier molecular flexibility index (Phi) is 10.8. The zero-order valence-electron chi connectivity index (χ0n) is 10.8. The summed E-state index contributed by atoms with van der Waals surface area (Å²) in [6.07, 6.45) is 10.2. The fourth-order valence-electron chi connectivity index (χ4n) is 1.80. The molecule has 0 nitrogen and oxygen atoms in total. The molecule has 2 heteroatoms. The van der Waals surface area contributed by atoms with Crippen molar-refractivity contribution in [3.05, 3.63) is 11.7 Å². The maximum Gasteiger partial charge on any atom is 0.269 e. The van der Waals surface area contributed by atoms with Crippen molar-refractivity contribution >= 4 is 0 Å². The molecule has 0 saturated heterocycles. The van der Waals surface area contributed by atoms with Crippen LogP contribution in [0.2, 0.25) is 0 Å². The topological polar surface area (TPSA) is 0 Å². The second-order valence-electron chi connectivity index (χ2n) is 4.62. The summed E-state index contributed by atoms with van der Waals surface area (Å²) in [5, 5.41) is 0. The van der Waals surface area contributed by atoms with Crippen LogP contribution in [-0.2, 0) is 0 Å². The largest absolute Gasteiger partial charge is 0.269 e. The van der Waals surface area contributed by atoms with Crippen LogP contribution >= 0.6 is 0 Å². The van der Waals surface area contributed by atoms with Crippen LogP contribution in [0.25, 0.3) is 0 Å². The minimum atomic E-state index is -1.49. The maximum atomic E-state index is 12.1. The van der Waals surface area contributed by atoms with Crippen molar-refractivity contribution in [3.8, 4) is 0 Å². The summed E-state index contributed by atoms with van der Waals surface area (Å²) >= 11 is 0. The third-order valence-corrected chi connectivity index (χ3v) is 2.98. The van der Waals surface area contributed by atoms with Crippen LogP contribution in [0.15, 0.2) is 11.7 Å². The summed E-state index contributed by atoms with van der Waals surface area (Å²) in [6.45, 7) is 3.75. The molecule has 16 heavy (non-hydrogen) atoms. The van der Waals surface area contributed by atoms with Crippen LogP contribution in [0, 0.1) is 0 Å². The third-order valence-electron chi connectivity index (χ3n) is 2.98. The SMILES string of the molecule is CCCCCCCCCCCC(C)=C(F)F. The molecule has 0 aromatic heterocycles. The van der Waals surface area contributed by atoms with Gasteiger partial charge in [-0.2, -0.15) is 8.78 Å². The Labute approximate surface area is 99.1 Å². The van der Waals surface area contributed by atoms with E-state index in [0.29, 0.717) is 6.42 Å². The smallest absolute Gasteiger partial charge is 0.173 e. The first kappa shape index (κ1) is 15.6. The van der Waals surface area contributed by atoms with Gasteiger partial charge >= 0.3 is 0 Å². The number of halogens is 2. The monoisotopic (exact) mass is 232 g/mol. The van der Waals surface area contributed by atoms with Crippen molar-refractivity contribution in [2.45, 2.75) is 78.1 Å². The second-order valence-corrected chi connectivity index (χ2v) is 4.62. The Morgan fingerprint density at radius 1 is 0.750 bits per heavy atom. The highest BCUT2D eigenvalue weighted by Gasteiger charge is 1.99. The summed E-state index contributed by atoms with van der Waals surface area (Å²) in [7, 11) is 0. The van der Waals surface area contributed by atoms with Crippen LogP contribution < -0.4 is 0 Å². The van der Waals surface area contributed by atoms with Crippen molar-refractivity contribution in [2.75, 3.05) is 0 Å². The lowest BCUT2D eigenvalue weighted by Crippen LogP contribution is -1.83. The van der Waals surface area contributed by atoms with E-state index in [2.05, 4.69) is 6.92 Å². The van der Waals surface area contributed by atoms with Gasteiger partial charge in [-0.1, -0.05) is 58.3 Å². The normalized spacial score (nSPS) is 10.5. The molecule has 0 rings (SSSR count). The first-order valence-electron chi connectivity index (χ1n) is 6.69. The van der Waals surface area contributed by atoms with Gasteiger partial charge in [0.25, 0.3) is 6.08 Å². The van der Waals surface area contributed by atoms with E-state index in [1.54, 1.807) is 0 Å². The lowest BCUT2D eigenvalue weighted by molar-refractivity contribution is 0.406. The molecule has 0 amide bonds. The number of rotatable bonds is 10. The quantitative estimate of drug-likeness (QED) is 0.400. The molecule has 0 bridgehead atoms. The molecule has 0 spiro atoms. The van der Waals surface area contributed by atoms with Crippen molar-refractivity contribution < 1.29 is 8.78 Å². The summed E-state index contributed by atoms with van der Waals surface area (Å²) in [5.41, 5.74) is 0.267. The van der Waals surface area contributed by atoms with Gasteiger partial charge in [-0.05, 0) is 25.3 Å². The maximum absolute atomic E-state index is 12.1. The molecule has 0 unspecified atom stereocenters. The number of allylic oxidation sites excluding steroid dienone is 1. The van der Waals surface area contributed by atoms with E-state index in [-0.39, 0.29) is 5.57 Å². The predicted molar refractivity (Wildman–Crippen MR) is 66.8 cm³/mol. The van der Waals surface area contributed by atoms with Crippen LogP contribution in [0.5, 0.6) is 0 Å². The van der Waals surface area contributed by atoms with Gasteiger partial charge in [-0.3, -0.25) is 0 Å². The summed E-state index contributed by atoms with van der Waals surface area (Å²) in [6, 6.07) is 0. The van der Waals surface area contributed by atoms with E-state index in [0.717, 1.165) is 12.8 Å². The van der Waals surface area contributed by atoms with Gasteiger partial charge in [0.1, 0.15) is 0 Å². The molecule has 0 aromatic rings. The van der Waals surface area contributed by atoms with Gasteiger partial charge in [0, 0.05) is 0 Å². The number of unbranched alkanes of at least 4 members (excludes halogenated alkanes) is 8. The highest BCUT2D eigenvalue weighted by molar-refractivity contribution is 4.97. The van der Waals surface area contributed by atoms with Crippen molar-refractivity contribution in [1.29, 1.82) is 0 Å². The minimum absolute atomic E-state index is 0.267. The van der Waals surface area contributed by atoms with E-state index < -0.39 is 6.08 Å². The zero-order valence-corrected chi connectivity index (χ0v) is 10.8. The van der Waals surface area contributed by atoms with Crippen molar-refractivity contribution in [1.82, 2.24) is 0 Å². The van der Waals surface area contributed by atoms with E-state index in [4.69, 9.17) is 0 Å². The molecule has 0 saturated carbocycles. The molecular formula is C14H26F2. The van der Waals surface area contributed by atoms with Crippen LogP contribution in [-0.4, -0.2) is 0 Å². The fraction of sp³-hybridized carbons (Fsp3) is 0.857. The van der Waals surface area contributed by atoms with Gasteiger partial charge in [0.15, 0.2) is 0 Å². The fourth-order valence-corrected chi connectivity index (χ4v) is 1.80. The summed E-state index contributed by atoms with van der Waals surface area (Å²) in [4.78, 5) is 0. The predicted octanol–water partition coefficient (Wildman–Crippen LogP) is 6.08. The van der Waals surface area contributed by atoms with Gasteiger partial charge in [-0.25, -0.2) is 0 Å². The molecule has 0 aliphatic carbocycles. The molecule has 0 N–H and O–H groups in total. The standard InChI is InChI=1S/C14H26F2/c1-3-4-5-6-7-8-9-10-11-12-13(2)14(15)16/h3-12H2,1-2H3. The molecule has 0 heterocycles. The van der Waals surface area contributed by atoms with E-state index in [9.17, 15) is 8.78 Å². The third kappa shape index (κ3) is 10.1. The molecule has 0 aliphatic heterocycles. The first-order chi connectivity index (χ1) is 7.68. The average Bonchev–Trinajstić information content (AvgIpc) is 2.26. The van der Waals surface area contributed by atoms with Crippen LogP contribution in [0.3, 0.4) is 0 Å². The lowest BCUT2D eigenvalue weighted by atomic mass is 10.0. The highest BCUT2D eigenvalue weighted by Crippen LogP contribution is 2.16. The summed E-state index contributed by atoms with van der Waals surface area (Å²) in [5.74, 6) is 0. The number of hydrogen-bond acceptors (Lipinski definition) is 0. The van der Waals surface area contributed by atoms with Gasteiger partial charge in [-0.15, -0.1) is 0 Å². The number of hydrogen-bond donors (Lipinski definition) is 0. The zero-order chi connectivity index (χ0) is 12.2.